The molecule has 1 aliphatic heterocycles. The second-order valence-corrected chi connectivity index (χ2v) is 9.33. The van der Waals surface area contributed by atoms with Crippen LogP contribution in [-0.4, -0.2) is 74.3 Å². The number of piperazine rings is 1. The molecule has 1 aromatic carbocycles. The fourth-order valence-electron chi connectivity index (χ4n) is 3.37. The average Bonchev–Trinajstić information content (AvgIpc) is 3.50. The number of sulfonamides is 1. The molecule has 160 valence electrons. The summed E-state index contributed by atoms with van der Waals surface area (Å²) in [5.74, 6) is -0.0870. The number of carbonyl (C=O) groups excluding carboxylic acids is 2. The predicted molar refractivity (Wildman–Crippen MR) is 110 cm³/mol. The zero-order valence-corrected chi connectivity index (χ0v) is 17.6. The smallest absolute Gasteiger partial charge is 0.241 e. The van der Waals surface area contributed by atoms with Gasteiger partial charge in [-0.2, -0.15) is 0 Å². The summed E-state index contributed by atoms with van der Waals surface area (Å²) in [6.07, 6.45) is 2.15. The van der Waals surface area contributed by atoms with Crippen molar-refractivity contribution in [2.45, 2.75) is 49.7 Å². The quantitative estimate of drug-likeness (QED) is 0.565. The van der Waals surface area contributed by atoms with E-state index < -0.39 is 10.0 Å². The molecule has 2 aliphatic rings. The summed E-state index contributed by atoms with van der Waals surface area (Å²) < 4.78 is 22.6. The molecule has 0 spiro atoms. The van der Waals surface area contributed by atoms with Crippen molar-refractivity contribution >= 4 is 27.5 Å². The standard InChI is InChI=1S/C19H29N5O4S/c1-13(18(25)21-15-3-4-15)23-9-11-24(12-10-23)14(2)19(26)22-16-5-7-17(8-6-16)29(20,27)28/h5-8,13-15H,3-4,9-12H2,1-2H3,(H,21,25)(H,22,26)(H2,20,27,28). The maximum Gasteiger partial charge on any atom is 0.241 e. The number of hydrogen-bond donors (Lipinski definition) is 3. The van der Waals surface area contributed by atoms with Crippen molar-refractivity contribution < 1.29 is 18.0 Å². The first kappa shape index (κ1) is 21.7. The maximum atomic E-state index is 12.6. The molecule has 2 amide bonds. The van der Waals surface area contributed by atoms with Gasteiger partial charge in [-0.05, 0) is 51.0 Å². The highest BCUT2D eigenvalue weighted by Crippen LogP contribution is 2.19. The van der Waals surface area contributed by atoms with Gasteiger partial charge in [0.15, 0.2) is 0 Å². The van der Waals surface area contributed by atoms with Crippen molar-refractivity contribution in [3.8, 4) is 0 Å². The van der Waals surface area contributed by atoms with Crippen molar-refractivity contribution in [3.05, 3.63) is 24.3 Å². The van der Waals surface area contributed by atoms with Gasteiger partial charge in [-0.25, -0.2) is 13.6 Å². The Labute approximate surface area is 171 Å². The first-order chi connectivity index (χ1) is 13.6. The summed E-state index contributed by atoms with van der Waals surface area (Å²) in [7, 11) is -3.76. The van der Waals surface area contributed by atoms with Crippen molar-refractivity contribution in [3.63, 3.8) is 0 Å². The molecule has 2 unspecified atom stereocenters. The van der Waals surface area contributed by atoms with Gasteiger partial charge < -0.3 is 10.6 Å². The SMILES string of the molecule is CC(C(=O)Nc1ccc(S(N)(=O)=O)cc1)N1CCN(C(C)C(=O)NC2CC2)CC1. The van der Waals surface area contributed by atoms with Gasteiger partial charge in [0.2, 0.25) is 21.8 Å². The number of nitrogens with zero attached hydrogens (tertiary/aromatic N) is 2. The van der Waals surface area contributed by atoms with Gasteiger partial charge in [-0.3, -0.25) is 19.4 Å². The number of carbonyl (C=O) groups is 2. The lowest BCUT2D eigenvalue weighted by molar-refractivity contribution is -0.128. The summed E-state index contributed by atoms with van der Waals surface area (Å²) in [5, 5.41) is 10.9. The zero-order valence-electron chi connectivity index (χ0n) is 16.8. The number of primary sulfonamides is 1. The Morgan fingerprint density at radius 3 is 1.90 bits per heavy atom. The zero-order chi connectivity index (χ0) is 21.2. The second kappa shape index (κ2) is 8.78. The van der Waals surface area contributed by atoms with E-state index >= 15 is 0 Å². The number of rotatable bonds is 7. The second-order valence-electron chi connectivity index (χ2n) is 7.77. The summed E-state index contributed by atoms with van der Waals surface area (Å²) in [6.45, 7) is 6.60. The van der Waals surface area contributed by atoms with Gasteiger partial charge in [0, 0.05) is 37.9 Å². The molecule has 1 aliphatic carbocycles. The number of benzene rings is 1. The minimum absolute atomic E-state index is 0.000452. The van der Waals surface area contributed by atoms with Crippen molar-refractivity contribution in [2.24, 2.45) is 5.14 Å². The van der Waals surface area contributed by atoms with E-state index in [1.54, 1.807) is 0 Å². The van der Waals surface area contributed by atoms with Crippen LogP contribution in [0.1, 0.15) is 26.7 Å². The highest BCUT2D eigenvalue weighted by Gasteiger charge is 2.32. The van der Waals surface area contributed by atoms with E-state index in [0.29, 0.717) is 24.8 Å². The van der Waals surface area contributed by atoms with E-state index in [1.807, 2.05) is 13.8 Å². The van der Waals surface area contributed by atoms with Crippen LogP contribution < -0.4 is 15.8 Å². The third kappa shape index (κ3) is 5.75. The molecule has 2 atom stereocenters. The van der Waals surface area contributed by atoms with Gasteiger partial charge in [0.25, 0.3) is 0 Å². The van der Waals surface area contributed by atoms with Gasteiger partial charge in [0.1, 0.15) is 0 Å². The Balaban J connectivity index is 1.48. The lowest BCUT2D eigenvalue weighted by atomic mass is 10.1. The highest BCUT2D eigenvalue weighted by atomic mass is 32.2. The largest absolute Gasteiger partial charge is 0.352 e. The number of amides is 2. The molecule has 0 bridgehead atoms. The van der Waals surface area contributed by atoms with Crippen LogP contribution in [0.15, 0.2) is 29.2 Å². The molecule has 29 heavy (non-hydrogen) atoms. The molecule has 10 heteroatoms. The monoisotopic (exact) mass is 423 g/mol. The Kier molecular flexibility index (Phi) is 6.57. The fraction of sp³-hybridized carbons (Fsp3) is 0.579. The molecular weight excluding hydrogens is 394 g/mol. The van der Waals surface area contributed by atoms with Crippen molar-refractivity contribution in [1.82, 2.24) is 15.1 Å². The minimum atomic E-state index is -3.76. The Hall–Kier alpha value is -2.01. The Morgan fingerprint density at radius 2 is 1.45 bits per heavy atom. The van der Waals surface area contributed by atoms with Gasteiger partial charge in [0.05, 0.1) is 17.0 Å². The first-order valence-corrected chi connectivity index (χ1v) is 11.4. The lowest BCUT2D eigenvalue weighted by Crippen LogP contribution is -2.57. The van der Waals surface area contributed by atoms with Crippen LogP contribution in [0, 0.1) is 0 Å². The minimum Gasteiger partial charge on any atom is -0.352 e. The van der Waals surface area contributed by atoms with E-state index in [1.165, 1.54) is 24.3 Å². The third-order valence-electron chi connectivity index (χ3n) is 5.58. The van der Waals surface area contributed by atoms with E-state index in [2.05, 4.69) is 20.4 Å². The lowest BCUT2D eigenvalue weighted by Gasteiger charge is -2.39. The molecule has 1 heterocycles. The topological polar surface area (TPSA) is 125 Å². The molecule has 3 rings (SSSR count). The van der Waals surface area contributed by atoms with Crippen LogP contribution >= 0.6 is 0 Å². The van der Waals surface area contributed by atoms with Crippen LogP contribution in [0.3, 0.4) is 0 Å². The van der Waals surface area contributed by atoms with Gasteiger partial charge in [-0.15, -0.1) is 0 Å². The first-order valence-electron chi connectivity index (χ1n) is 9.87. The molecule has 9 nitrogen and oxygen atoms in total. The number of nitrogens with one attached hydrogen (secondary N) is 2. The average molecular weight is 424 g/mol. The molecule has 1 aromatic rings. The van der Waals surface area contributed by atoms with E-state index in [0.717, 1.165) is 25.9 Å². The maximum absolute atomic E-state index is 12.6. The Morgan fingerprint density at radius 1 is 0.966 bits per heavy atom. The van der Waals surface area contributed by atoms with Crippen molar-refractivity contribution in [1.29, 1.82) is 0 Å². The number of hydrogen-bond acceptors (Lipinski definition) is 6. The molecule has 1 saturated carbocycles. The molecule has 4 N–H and O–H groups in total. The number of anilines is 1. The van der Waals surface area contributed by atoms with Crippen molar-refractivity contribution in [2.75, 3.05) is 31.5 Å². The molecule has 0 aromatic heterocycles. The summed E-state index contributed by atoms with van der Waals surface area (Å²) in [6, 6.07) is 5.61. The number of nitrogens with two attached hydrogens (primary N) is 1. The molecule has 2 fully saturated rings. The van der Waals surface area contributed by atoms with E-state index in [-0.39, 0.29) is 28.8 Å². The van der Waals surface area contributed by atoms with Crippen LogP contribution in [0.4, 0.5) is 5.69 Å². The Bertz CT molecular complexity index is 846. The normalized spacial score (nSPS) is 20.7. The highest BCUT2D eigenvalue weighted by molar-refractivity contribution is 7.89. The summed E-state index contributed by atoms with van der Waals surface area (Å²) >= 11 is 0. The van der Waals surface area contributed by atoms with Crippen LogP contribution in [0.25, 0.3) is 0 Å². The predicted octanol–water partition coefficient (Wildman–Crippen LogP) is -0.0543. The van der Waals surface area contributed by atoms with Gasteiger partial charge >= 0.3 is 0 Å². The van der Waals surface area contributed by atoms with Crippen LogP contribution in [-0.2, 0) is 19.6 Å². The van der Waals surface area contributed by atoms with Crippen LogP contribution in [0.2, 0.25) is 0 Å². The van der Waals surface area contributed by atoms with Crippen LogP contribution in [0.5, 0.6) is 0 Å². The fourth-order valence-corrected chi connectivity index (χ4v) is 3.88. The summed E-state index contributed by atoms with van der Waals surface area (Å²) in [4.78, 5) is 29.0. The molecular formula is C19H29N5O4S. The molecule has 1 saturated heterocycles. The van der Waals surface area contributed by atoms with E-state index in [9.17, 15) is 18.0 Å². The van der Waals surface area contributed by atoms with Gasteiger partial charge in [-0.1, -0.05) is 0 Å². The summed E-state index contributed by atoms with van der Waals surface area (Å²) in [5.41, 5.74) is 0.512. The third-order valence-corrected chi connectivity index (χ3v) is 6.51. The van der Waals surface area contributed by atoms with E-state index in [4.69, 9.17) is 5.14 Å². The molecule has 0 radical (unpaired) electrons.